The van der Waals surface area contributed by atoms with E-state index in [2.05, 4.69) is 0 Å². The third kappa shape index (κ3) is 4.56. The summed E-state index contributed by atoms with van der Waals surface area (Å²) in [5.74, 6) is 0.819. The van der Waals surface area contributed by atoms with Crippen molar-refractivity contribution in [1.82, 2.24) is 4.31 Å². The van der Waals surface area contributed by atoms with Crippen molar-refractivity contribution in [2.24, 2.45) is 0 Å². The fourth-order valence-electron chi connectivity index (χ4n) is 2.41. The van der Waals surface area contributed by atoms with Gasteiger partial charge in [-0.2, -0.15) is 0 Å². The summed E-state index contributed by atoms with van der Waals surface area (Å²) in [6, 6.07) is 15.3. The highest BCUT2D eigenvalue weighted by Crippen LogP contribution is 2.19. The van der Waals surface area contributed by atoms with Crippen molar-refractivity contribution in [3.8, 4) is 5.75 Å². The van der Waals surface area contributed by atoms with Crippen LogP contribution in [0.1, 0.15) is 16.7 Å². The van der Waals surface area contributed by atoms with E-state index in [4.69, 9.17) is 4.74 Å². The zero-order valence-corrected chi connectivity index (χ0v) is 14.6. The first kappa shape index (κ1) is 17.5. The predicted octanol–water partition coefficient (Wildman–Crippen LogP) is 3.01. The average Bonchev–Trinajstić information content (AvgIpc) is 2.54. The Bertz CT molecular complexity index is 756. The van der Waals surface area contributed by atoms with Crippen molar-refractivity contribution >= 4 is 10.0 Å². The first-order valence-corrected chi connectivity index (χ1v) is 9.15. The van der Waals surface area contributed by atoms with Gasteiger partial charge in [-0.1, -0.05) is 42.5 Å². The molecule has 0 aromatic heterocycles. The van der Waals surface area contributed by atoms with Crippen molar-refractivity contribution < 1.29 is 13.2 Å². The van der Waals surface area contributed by atoms with Crippen molar-refractivity contribution in [2.45, 2.75) is 19.1 Å². The summed E-state index contributed by atoms with van der Waals surface area (Å²) in [5.41, 5.74) is 2.85. The van der Waals surface area contributed by atoms with E-state index >= 15 is 0 Å². The molecule has 0 saturated carbocycles. The van der Waals surface area contributed by atoms with E-state index in [0.29, 0.717) is 13.0 Å². The molecule has 0 atom stereocenters. The predicted molar refractivity (Wildman–Crippen MR) is 93.1 cm³/mol. The number of ether oxygens (including phenoxy) is 1. The maximum atomic E-state index is 12.5. The lowest BCUT2D eigenvalue weighted by molar-refractivity contribution is 0.405. The molecule has 0 aliphatic heterocycles. The molecule has 0 aliphatic rings. The van der Waals surface area contributed by atoms with Crippen LogP contribution < -0.4 is 4.74 Å². The van der Waals surface area contributed by atoms with Crippen molar-refractivity contribution in [3.63, 3.8) is 0 Å². The lowest BCUT2D eigenvalue weighted by atomic mass is 10.1. The quantitative estimate of drug-likeness (QED) is 0.782. The molecule has 5 heteroatoms. The number of likely N-dealkylation sites (N-methyl/N-ethyl adjacent to an activating group) is 1. The van der Waals surface area contributed by atoms with Gasteiger partial charge in [0.25, 0.3) is 0 Å². The summed E-state index contributed by atoms with van der Waals surface area (Å²) in [6.45, 7) is 2.36. The zero-order chi connectivity index (χ0) is 16.9. The number of nitrogens with zero attached hydrogens (tertiary/aromatic N) is 1. The SMILES string of the molecule is COc1ccccc1CCN(C)S(=O)(=O)Cc1ccccc1C. The van der Waals surface area contributed by atoms with Crippen molar-refractivity contribution in [1.29, 1.82) is 0 Å². The number of hydrogen-bond acceptors (Lipinski definition) is 3. The molecule has 0 saturated heterocycles. The second-order valence-corrected chi connectivity index (χ2v) is 7.64. The molecule has 4 nitrogen and oxygen atoms in total. The van der Waals surface area contributed by atoms with Crippen molar-refractivity contribution in [3.05, 3.63) is 65.2 Å². The number of aryl methyl sites for hydroxylation is 1. The largest absolute Gasteiger partial charge is 0.496 e. The Balaban J connectivity index is 2.04. The molecule has 0 spiro atoms. The second-order valence-electron chi connectivity index (χ2n) is 5.57. The normalized spacial score (nSPS) is 11.7. The van der Waals surface area contributed by atoms with Crippen LogP contribution in [-0.4, -0.2) is 33.4 Å². The standard InChI is InChI=1S/C18H23NO3S/c1-15-8-4-5-10-17(15)14-23(20,21)19(2)13-12-16-9-6-7-11-18(16)22-3/h4-11H,12-14H2,1-3H3. The number of benzene rings is 2. The minimum absolute atomic E-state index is 0.0299. The van der Waals surface area contributed by atoms with Gasteiger partial charge in [-0.3, -0.25) is 0 Å². The highest BCUT2D eigenvalue weighted by atomic mass is 32.2. The summed E-state index contributed by atoms with van der Waals surface area (Å²) >= 11 is 0. The summed E-state index contributed by atoms with van der Waals surface area (Å²) in [7, 11) is -0.0825. The smallest absolute Gasteiger partial charge is 0.218 e. The van der Waals surface area contributed by atoms with E-state index in [0.717, 1.165) is 22.4 Å². The van der Waals surface area contributed by atoms with Gasteiger partial charge < -0.3 is 4.74 Å². The molecule has 2 aromatic rings. The van der Waals surface area contributed by atoms with Crippen molar-refractivity contribution in [2.75, 3.05) is 20.7 Å². The highest BCUT2D eigenvalue weighted by Gasteiger charge is 2.19. The van der Waals surface area contributed by atoms with Gasteiger partial charge in [0.1, 0.15) is 5.75 Å². The lowest BCUT2D eigenvalue weighted by Gasteiger charge is -2.18. The Morgan fingerprint density at radius 3 is 2.26 bits per heavy atom. The number of para-hydroxylation sites is 1. The van der Waals surface area contributed by atoms with Gasteiger partial charge in [0.05, 0.1) is 12.9 Å². The van der Waals surface area contributed by atoms with Gasteiger partial charge in [-0.25, -0.2) is 12.7 Å². The summed E-state index contributed by atoms with van der Waals surface area (Å²) < 4.78 is 31.8. The molecule has 23 heavy (non-hydrogen) atoms. The first-order chi connectivity index (χ1) is 10.9. The van der Waals surface area contributed by atoms with Crippen LogP contribution >= 0.6 is 0 Å². The summed E-state index contributed by atoms with van der Waals surface area (Å²) in [4.78, 5) is 0. The molecule has 0 amide bonds. The van der Waals surface area contributed by atoms with Gasteiger partial charge in [0.2, 0.25) is 10.0 Å². The fourth-order valence-corrected chi connectivity index (χ4v) is 3.71. The summed E-state index contributed by atoms with van der Waals surface area (Å²) in [6.07, 6.45) is 0.619. The molecule has 2 rings (SSSR count). The van der Waals surface area contributed by atoms with Gasteiger partial charge in [-0.05, 0) is 36.1 Å². The Morgan fingerprint density at radius 1 is 1.00 bits per heavy atom. The van der Waals surface area contributed by atoms with E-state index in [-0.39, 0.29) is 5.75 Å². The number of methoxy groups -OCH3 is 1. The monoisotopic (exact) mass is 333 g/mol. The molecule has 0 fully saturated rings. The van der Waals surface area contributed by atoms with E-state index < -0.39 is 10.0 Å². The van der Waals surface area contributed by atoms with Gasteiger partial charge in [0.15, 0.2) is 0 Å². The van der Waals surface area contributed by atoms with E-state index in [1.807, 2.05) is 55.5 Å². The molecule has 124 valence electrons. The lowest BCUT2D eigenvalue weighted by Crippen LogP contribution is -2.30. The number of rotatable bonds is 7. The topological polar surface area (TPSA) is 46.6 Å². The Morgan fingerprint density at radius 2 is 1.61 bits per heavy atom. The van der Waals surface area contributed by atoms with Gasteiger partial charge >= 0.3 is 0 Å². The van der Waals surface area contributed by atoms with Crippen LogP contribution in [0.4, 0.5) is 0 Å². The molecule has 2 aromatic carbocycles. The maximum Gasteiger partial charge on any atom is 0.218 e. The molecule has 0 bridgehead atoms. The molecule has 0 radical (unpaired) electrons. The third-order valence-electron chi connectivity index (χ3n) is 3.96. The van der Waals surface area contributed by atoms with Crippen LogP contribution in [0, 0.1) is 6.92 Å². The molecular weight excluding hydrogens is 310 g/mol. The van der Waals surface area contributed by atoms with Crippen LogP contribution in [-0.2, 0) is 22.2 Å². The highest BCUT2D eigenvalue weighted by molar-refractivity contribution is 7.88. The molecule has 0 aliphatic carbocycles. The molecular formula is C18H23NO3S. The van der Waals surface area contributed by atoms with Crippen LogP contribution in [0.2, 0.25) is 0 Å². The maximum absolute atomic E-state index is 12.5. The molecule has 0 N–H and O–H groups in total. The molecule has 0 heterocycles. The van der Waals surface area contributed by atoms with E-state index in [9.17, 15) is 8.42 Å². The third-order valence-corrected chi connectivity index (χ3v) is 5.77. The van der Waals surface area contributed by atoms with E-state index in [1.54, 1.807) is 14.2 Å². The van der Waals surface area contributed by atoms with Crippen LogP contribution in [0.15, 0.2) is 48.5 Å². The zero-order valence-electron chi connectivity index (χ0n) is 13.8. The second kappa shape index (κ2) is 7.62. The van der Waals surface area contributed by atoms with Crippen LogP contribution in [0.5, 0.6) is 5.75 Å². The fraction of sp³-hybridized carbons (Fsp3) is 0.333. The van der Waals surface area contributed by atoms with Crippen LogP contribution in [0.3, 0.4) is 0 Å². The first-order valence-electron chi connectivity index (χ1n) is 7.54. The van der Waals surface area contributed by atoms with Gasteiger partial charge in [0, 0.05) is 13.6 Å². The Hall–Kier alpha value is -1.85. The summed E-state index contributed by atoms with van der Waals surface area (Å²) in [5, 5.41) is 0. The van der Waals surface area contributed by atoms with E-state index in [1.165, 1.54) is 4.31 Å². The molecule has 0 unspecified atom stereocenters. The average molecular weight is 333 g/mol. The van der Waals surface area contributed by atoms with Crippen LogP contribution in [0.25, 0.3) is 0 Å². The Kier molecular flexibility index (Phi) is 5.80. The van der Waals surface area contributed by atoms with Gasteiger partial charge in [-0.15, -0.1) is 0 Å². The number of sulfonamides is 1. The minimum Gasteiger partial charge on any atom is -0.496 e. The minimum atomic E-state index is -3.33. The number of hydrogen-bond donors (Lipinski definition) is 0. The Labute approximate surface area is 138 Å².